The van der Waals surface area contributed by atoms with Crippen LogP contribution < -0.4 is 0 Å². The van der Waals surface area contributed by atoms with E-state index in [4.69, 9.17) is 4.74 Å². The highest BCUT2D eigenvalue weighted by molar-refractivity contribution is 6.08. The zero-order valence-corrected chi connectivity index (χ0v) is 13.5. The van der Waals surface area contributed by atoms with Gasteiger partial charge in [0.25, 0.3) is 0 Å². The summed E-state index contributed by atoms with van der Waals surface area (Å²) in [5, 5.41) is 1.82. The maximum atomic E-state index is 12.6. The summed E-state index contributed by atoms with van der Waals surface area (Å²) in [4.78, 5) is 20.0. The smallest absolute Gasteiger partial charge is 0.339 e. The number of carbonyl (C=O) groups is 1. The molecule has 4 rings (SSSR count). The van der Waals surface area contributed by atoms with Crippen LogP contribution in [0.4, 0.5) is 0 Å². The van der Waals surface area contributed by atoms with Crippen LogP contribution in [0.2, 0.25) is 0 Å². The lowest BCUT2D eigenvalue weighted by Crippen LogP contribution is -2.06. The van der Waals surface area contributed by atoms with E-state index < -0.39 is 0 Å². The molecule has 0 fully saturated rings. The van der Waals surface area contributed by atoms with Gasteiger partial charge in [0.2, 0.25) is 0 Å². The number of aromatic nitrogens is 2. The number of fused-ring (bicyclic) bond motifs is 1. The summed E-state index contributed by atoms with van der Waals surface area (Å²) in [5.74, 6) is 0.450. The molecule has 0 aliphatic heterocycles. The van der Waals surface area contributed by atoms with Crippen LogP contribution in [-0.2, 0) is 11.3 Å². The molecule has 0 aliphatic carbocycles. The topological polar surface area (TPSA) is 55.0 Å². The van der Waals surface area contributed by atoms with E-state index in [0.29, 0.717) is 5.56 Å². The first-order valence-corrected chi connectivity index (χ1v) is 8.05. The molecule has 0 aliphatic rings. The van der Waals surface area contributed by atoms with E-state index in [1.807, 2.05) is 60.7 Å². The van der Waals surface area contributed by atoms with Gasteiger partial charge >= 0.3 is 5.97 Å². The zero-order chi connectivity index (χ0) is 17.1. The van der Waals surface area contributed by atoms with Crippen LogP contribution in [0.1, 0.15) is 15.9 Å². The predicted octanol–water partition coefficient (Wildman–Crippen LogP) is 4.59. The van der Waals surface area contributed by atoms with Crippen LogP contribution in [-0.4, -0.2) is 15.9 Å². The van der Waals surface area contributed by atoms with Crippen LogP contribution in [0.25, 0.3) is 22.2 Å². The SMILES string of the molecule is O=C(OCc1ccccc1)c1ccc(-c2ncc[nH]2)c2ccccc12. The number of nitrogens with zero attached hydrogens (tertiary/aromatic N) is 1. The van der Waals surface area contributed by atoms with Crippen molar-refractivity contribution in [3.63, 3.8) is 0 Å². The van der Waals surface area contributed by atoms with E-state index in [9.17, 15) is 4.79 Å². The van der Waals surface area contributed by atoms with Gasteiger partial charge in [0.15, 0.2) is 0 Å². The highest BCUT2D eigenvalue weighted by Gasteiger charge is 2.15. The fourth-order valence-electron chi connectivity index (χ4n) is 2.90. The van der Waals surface area contributed by atoms with Gasteiger partial charge in [-0.3, -0.25) is 0 Å². The maximum Gasteiger partial charge on any atom is 0.339 e. The summed E-state index contributed by atoms with van der Waals surface area (Å²) in [6, 6.07) is 21.2. The van der Waals surface area contributed by atoms with Crippen molar-refractivity contribution < 1.29 is 9.53 Å². The second-order valence-electron chi connectivity index (χ2n) is 5.71. The quantitative estimate of drug-likeness (QED) is 0.558. The monoisotopic (exact) mass is 328 g/mol. The van der Waals surface area contributed by atoms with E-state index in [1.54, 1.807) is 18.5 Å². The lowest BCUT2D eigenvalue weighted by atomic mass is 9.99. The van der Waals surface area contributed by atoms with Gasteiger partial charge in [-0.15, -0.1) is 0 Å². The van der Waals surface area contributed by atoms with Crippen LogP contribution in [0.3, 0.4) is 0 Å². The minimum absolute atomic E-state index is 0.258. The minimum Gasteiger partial charge on any atom is -0.457 e. The van der Waals surface area contributed by atoms with Gasteiger partial charge in [0, 0.05) is 18.0 Å². The second-order valence-corrected chi connectivity index (χ2v) is 5.71. The van der Waals surface area contributed by atoms with Crippen molar-refractivity contribution in [3.8, 4) is 11.4 Å². The molecule has 0 saturated heterocycles. The normalized spacial score (nSPS) is 10.7. The number of nitrogens with one attached hydrogen (secondary N) is 1. The summed E-state index contributed by atoms with van der Waals surface area (Å²) in [6.45, 7) is 0.258. The molecule has 122 valence electrons. The molecule has 0 radical (unpaired) electrons. The Morgan fingerprint density at radius 2 is 1.68 bits per heavy atom. The summed E-state index contributed by atoms with van der Waals surface area (Å²) in [5.41, 5.74) is 2.48. The first-order chi connectivity index (χ1) is 12.3. The van der Waals surface area contributed by atoms with Crippen molar-refractivity contribution in [2.24, 2.45) is 0 Å². The number of hydrogen-bond donors (Lipinski definition) is 1. The van der Waals surface area contributed by atoms with E-state index in [2.05, 4.69) is 9.97 Å². The van der Waals surface area contributed by atoms with Crippen molar-refractivity contribution in [2.45, 2.75) is 6.61 Å². The second kappa shape index (κ2) is 6.61. The largest absolute Gasteiger partial charge is 0.457 e. The Morgan fingerprint density at radius 3 is 2.44 bits per heavy atom. The van der Waals surface area contributed by atoms with Crippen molar-refractivity contribution >= 4 is 16.7 Å². The maximum absolute atomic E-state index is 12.6. The number of carbonyl (C=O) groups excluding carboxylic acids is 1. The van der Waals surface area contributed by atoms with Crippen LogP contribution in [0.15, 0.2) is 79.1 Å². The molecule has 1 heterocycles. The molecule has 0 bridgehead atoms. The molecule has 4 nitrogen and oxygen atoms in total. The number of esters is 1. The average molecular weight is 328 g/mol. The van der Waals surface area contributed by atoms with Gasteiger partial charge in [-0.25, -0.2) is 9.78 Å². The Morgan fingerprint density at radius 1 is 0.920 bits per heavy atom. The lowest BCUT2D eigenvalue weighted by Gasteiger charge is -2.10. The van der Waals surface area contributed by atoms with Crippen molar-refractivity contribution in [1.29, 1.82) is 0 Å². The molecular weight excluding hydrogens is 312 g/mol. The third-order valence-electron chi connectivity index (χ3n) is 4.11. The van der Waals surface area contributed by atoms with Gasteiger partial charge in [-0.2, -0.15) is 0 Å². The molecule has 0 saturated carbocycles. The van der Waals surface area contributed by atoms with Crippen molar-refractivity contribution in [3.05, 3.63) is 90.3 Å². The first kappa shape index (κ1) is 15.1. The fraction of sp³-hybridized carbons (Fsp3) is 0.0476. The number of ether oxygens (including phenoxy) is 1. The fourth-order valence-corrected chi connectivity index (χ4v) is 2.90. The van der Waals surface area contributed by atoms with Crippen molar-refractivity contribution in [1.82, 2.24) is 9.97 Å². The number of imidazole rings is 1. The van der Waals surface area contributed by atoms with Crippen molar-refractivity contribution in [2.75, 3.05) is 0 Å². The summed E-state index contributed by atoms with van der Waals surface area (Å²) in [6.07, 6.45) is 3.50. The number of rotatable bonds is 4. The van der Waals surface area contributed by atoms with Gasteiger partial charge < -0.3 is 9.72 Å². The molecule has 1 aromatic heterocycles. The minimum atomic E-state index is -0.328. The number of H-pyrrole nitrogens is 1. The molecule has 4 heteroatoms. The highest BCUT2D eigenvalue weighted by atomic mass is 16.5. The highest BCUT2D eigenvalue weighted by Crippen LogP contribution is 2.29. The van der Waals surface area contributed by atoms with E-state index >= 15 is 0 Å². The standard InChI is InChI=1S/C21H16N2O2/c24-21(25-14-15-6-2-1-3-7-15)19-11-10-18(20-22-12-13-23-20)16-8-4-5-9-17(16)19/h1-13H,14H2,(H,22,23). The van der Waals surface area contributed by atoms with Gasteiger partial charge in [-0.05, 0) is 28.5 Å². The predicted molar refractivity (Wildman–Crippen MR) is 97.1 cm³/mol. The van der Waals surface area contributed by atoms with Gasteiger partial charge in [-0.1, -0.05) is 54.6 Å². The third-order valence-corrected chi connectivity index (χ3v) is 4.11. The molecular formula is C21H16N2O2. The molecule has 1 N–H and O–H groups in total. The van der Waals surface area contributed by atoms with Crippen LogP contribution in [0, 0.1) is 0 Å². The Kier molecular flexibility index (Phi) is 4.01. The molecule has 0 atom stereocenters. The molecule has 0 amide bonds. The summed E-state index contributed by atoms with van der Waals surface area (Å²) in [7, 11) is 0. The van der Waals surface area contributed by atoms with Gasteiger partial charge in [0.1, 0.15) is 12.4 Å². The zero-order valence-electron chi connectivity index (χ0n) is 13.5. The Balaban J connectivity index is 1.68. The summed E-state index contributed by atoms with van der Waals surface area (Å²) < 4.78 is 5.49. The average Bonchev–Trinajstić information content (AvgIpc) is 3.20. The molecule has 25 heavy (non-hydrogen) atoms. The van der Waals surface area contributed by atoms with E-state index in [1.165, 1.54) is 0 Å². The van der Waals surface area contributed by atoms with Gasteiger partial charge in [0.05, 0.1) is 5.56 Å². The Bertz CT molecular complexity index is 1010. The Hall–Kier alpha value is -3.40. The first-order valence-electron chi connectivity index (χ1n) is 8.05. The number of hydrogen-bond acceptors (Lipinski definition) is 3. The van der Waals surface area contributed by atoms with Crippen LogP contribution >= 0.6 is 0 Å². The number of aromatic amines is 1. The molecule has 0 spiro atoms. The lowest BCUT2D eigenvalue weighted by molar-refractivity contribution is 0.0475. The summed E-state index contributed by atoms with van der Waals surface area (Å²) >= 11 is 0. The third kappa shape index (κ3) is 3.02. The molecule has 3 aromatic carbocycles. The molecule has 4 aromatic rings. The van der Waals surface area contributed by atoms with E-state index in [0.717, 1.165) is 27.7 Å². The Labute approximate surface area is 145 Å². The number of benzene rings is 3. The molecule has 0 unspecified atom stereocenters. The van der Waals surface area contributed by atoms with Crippen LogP contribution in [0.5, 0.6) is 0 Å². The van der Waals surface area contributed by atoms with E-state index in [-0.39, 0.29) is 12.6 Å².